The Morgan fingerprint density at radius 1 is 0.354 bits per heavy atom. The highest BCUT2D eigenvalue weighted by molar-refractivity contribution is 5.76. The fraction of sp³-hybridized carbons (Fsp3) is 0.918. The molecule has 3 N–H and O–H groups in total. The summed E-state index contributed by atoms with van der Waals surface area (Å²) in [5, 5.41) is 23.4. The van der Waals surface area contributed by atoms with Gasteiger partial charge >= 0.3 is 5.97 Å². The summed E-state index contributed by atoms with van der Waals surface area (Å²) in [6, 6.07) is -0.539. The summed E-state index contributed by atoms with van der Waals surface area (Å²) in [5.74, 6) is -0.0170. The van der Waals surface area contributed by atoms with Gasteiger partial charge in [0.15, 0.2) is 0 Å². The van der Waals surface area contributed by atoms with Crippen molar-refractivity contribution < 1.29 is 24.5 Å². The van der Waals surface area contributed by atoms with E-state index in [1.807, 2.05) is 0 Å². The molecule has 0 radical (unpaired) electrons. The number of esters is 1. The summed E-state index contributed by atoms with van der Waals surface area (Å²) in [4.78, 5) is 24.6. The Morgan fingerprint density at radius 3 is 0.975 bits per heavy atom. The zero-order valence-electron chi connectivity index (χ0n) is 53.6. The number of ether oxygens (including phenoxy) is 1. The Morgan fingerprint density at radius 2 is 0.633 bits per heavy atom. The Kier molecular flexibility index (Phi) is 67.4. The fourth-order valence-electron chi connectivity index (χ4n) is 11.5. The summed E-state index contributed by atoms with van der Waals surface area (Å²) in [5.41, 5.74) is 0. The van der Waals surface area contributed by atoms with Gasteiger partial charge in [0.1, 0.15) is 0 Å². The molecule has 2 unspecified atom stereocenters. The smallest absolute Gasteiger partial charge is 0.305 e. The van der Waals surface area contributed by atoms with Gasteiger partial charge in [-0.1, -0.05) is 359 Å². The van der Waals surface area contributed by atoms with Crippen LogP contribution in [0.4, 0.5) is 0 Å². The third-order valence-corrected chi connectivity index (χ3v) is 17.0. The molecule has 1 amide bonds. The van der Waals surface area contributed by atoms with Crippen molar-refractivity contribution in [3.8, 4) is 0 Å². The van der Waals surface area contributed by atoms with Crippen LogP contribution < -0.4 is 5.32 Å². The number of unbranched alkanes of at least 4 members (excludes halogenated alkanes) is 53. The maximum absolute atomic E-state index is 12.5. The van der Waals surface area contributed by atoms with Gasteiger partial charge in [0.2, 0.25) is 5.91 Å². The lowest BCUT2D eigenvalue weighted by Crippen LogP contribution is -2.45. The van der Waals surface area contributed by atoms with Crippen LogP contribution >= 0.6 is 0 Å². The van der Waals surface area contributed by atoms with Gasteiger partial charge < -0.3 is 20.3 Å². The number of hydrogen-bond acceptors (Lipinski definition) is 5. The molecule has 0 saturated carbocycles. The van der Waals surface area contributed by atoms with Crippen LogP contribution in [-0.2, 0) is 14.3 Å². The largest absolute Gasteiger partial charge is 0.466 e. The first-order chi connectivity index (χ1) is 39.0. The minimum Gasteiger partial charge on any atom is -0.466 e. The topological polar surface area (TPSA) is 95.9 Å². The van der Waals surface area contributed by atoms with Crippen LogP contribution in [0.15, 0.2) is 24.3 Å². The van der Waals surface area contributed by atoms with E-state index in [1.54, 1.807) is 0 Å². The highest BCUT2D eigenvalue weighted by Crippen LogP contribution is 2.19. The molecule has 0 aromatic heterocycles. The Balaban J connectivity index is 3.34. The van der Waals surface area contributed by atoms with E-state index in [1.165, 1.54) is 321 Å². The van der Waals surface area contributed by atoms with Crippen molar-refractivity contribution in [3.05, 3.63) is 24.3 Å². The molecule has 2 atom stereocenters. The number of carbonyl (C=O) groups is 2. The number of nitrogens with one attached hydrogen (secondary N) is 1. The quantitative estimate of drug-likeness (QED) is 0.0320. The van der Waals surface area contributed by atoms with Crippen LogP contribution in [0.3, 0.4) is 0 Å². The van der Waals surface area contributed by atoms with Crippen LogP contribution in [0.25, 0.3) is 0 Å². The number of allylic oxidation sites excluding steroid dienone is 4. The first kappa shape index (κ1) is 77.3. The fourth-order valence-corrected chi connectivity index (χ4v) is 11.5. The molecule has 0 aromatic carbocycles. The maximum Gasteiger partial charge on any atom is 0.305 e. The zero-order chi connectivity index (χ0) is 57.1. The lowest BCUT2D eigenvalue weighted by molar-refractivity contribution is -0.143. The third kappa shape index (κ3) is 65.4. The highest BCUT2D eigenvalue weighted by Gasteiger charge is 2.20. The average Bonchev–Trinajstić information content (AvgIpc) is 3.45. The van der Waals surface area contributed by atoms with E-state index in [9.17, 15) is 19.8 Å². The molecule has 0 spiro atoms. The van der Waals surface area contributed by atoms with Crippen molar-refractivity contribution in [2.24, 2.45) is 0 Å². The van der Waals surface area contributed by atoms with Gasteiger partial charge in [0.05, 0.1) is 25.4 Å². The number of hydrogen-bond donors (Lipinski definition) is 3. The van der Waals surface area contributed by atoms with E-state index in [0.29, 0.717) is 25.9 Å². The van der Waals surface area contributed by atoms with Crippen molar-refractivity contribution in [3.63, 3.8) is 0 Å². The van der Waals surface area contributed by atoms with Crippen molar-refractivity contribution in [2.75, 3.05) is 13.2 Å². The van der Waals surface area contributed by atoms with E-state index in [2.05, 4.69) is 43.5 Å². The molecule has 0 saturated heterocycles. The monoisotopic (exact) mass is 1110 g/mol. The Bertz CT molecular complexity index is 1230. The normalized spacial score (nSPS) is 12.6. The first-order valence-electron chi connectivity index (χ1n) is 36.1. The standard InChI is InChI=1S/C73H141NO5/c1-3-5-7-9-11-13-15-17-19-21-35-39-43-47-51-55-59-63-67-73(78)79-68-64-60-56-52-48-44-40-36-32-30-28-26-24-22-23-25-27-29-31-34-38-42-46-50-54-58-62-66-72(77)74-70(69-75)71(76)65-61-57-53-49-45-41-37-33-20-18-16-14-12-10-8-6-4-2/h13,15,19,21,70-71,75-76H,3-12,14,16-18,20,22-69H2,1-2H3,(H,74,77)/b15-13-,21-19-. The molecule has 468 valence electrons. The highest BCUT2D eigenvalue weighted by atomic mass is 16.5. The number of aliphatic hydroxyl groups is 2. The predicted octanol–water partition coefficient (Wildman–Crippen LogP) is 23.3. The van der Waals surface area contributed by atoms with Crippen molar-refractivity contribution >= 4 is 11.9 Å². The summed E-state index contributed by atoms with van der Waals surface area (Å²) in [6.07, 6.45) is 86.6. The summed E-state index contributed by atoms with van der Waals surface area (Å²) in [7, 11) is 0. The lowest BCUT2D eigenvalue weighted by atomic mass is 10.0. The predicted molar refractivity (Wildman–Crippen MR) is 347 cm³/mol. The van der Waals surface area contributed by atoms with E-state index >= 15 is 0 Å². The van der Waals surface area contributed by atoms with Crippen LogP contribution in [0.2, 0.25) is 0 Å². The molecule has 0 rings (SSSR count). The van der Waals surface area contributed by atoms with Gasteiger partial charge in [-0.15, -0.1) is 0 Å². The van der Waals surface area contributed by atoms with Gasteiger partial charge in [-0.3, -0.25) is 9.59 Å². The van der Waals surface area contributed by atoms with E-state index in [4.69, 9.17) is 4.74 Å². The second-order valence-electron chi connectivity index (χ2n) is 24.9. The number of aliphatic hydroxyl groups excluding tert-OH is 2. The molecule has 79 heavy (non-hydrogen) atoms. The van der Waals surface area contributed by atoms with Crippen molar-refractivity contribution in [1.82, 2.24) is 5.32 Å². The minimum atomic E-state index is -0.662. The Labute approximate surface area is 494 Å². The summed E-state index contributed by atoms with van der Waals surface area (Å²) >= 11 is 0. The molecule has 0 fully saturated rings. The molecule has 0 aliphatic carbocycles. The van der Waals surface area contributed by atoms with Crippen molar-refractivity contribution in [2.45, 2.75) is 418 Å². The number of rotatable bonds is 68. The first-order valence-corrected chi connectivity index (χ1v) is 36.1. The van der Waals surface area contributed by atoms with Gasteiger partial charge in [-0.2, -0.15) is 0 Å². The summed E-state index contributed by atoms with van der Waals surface area (Å²) < 4.78 is 5.50. The average molecular weight is 1110 g/mol. The van der Waals surface area contributed by atoms with Crippen LogP contribution in [0, 0.1) is 0 Å². The van der Waals surface area contributed by atoms with Gasteiger partial charge in [0.25, 0.3) is 0 Å². The Hall–Kier alpha value is -1.66. The van der Waals surface area contributed by atoms with E-state index in [-0.39, 0.29) is 18.5 Å². The van der Waals surface area contributed by atoms with Crippen molar-refractivity contribution in [1.29, 1.82) is 0 Å². The molecule has 6 heteroatoms. The maximum atomic E-state index is 12.5. The second-order valence-corrected chi connectivity index (χ2v) is 24.9. The van der Waals surface area contributed by atoms with E-state index < -0.39 is 12.1 Å². The SMILES string of the molecule is CCCCCC/C=C\C/C=C\CCCCCCCCCC(=O)OCCCCCCCCCCCCCCCCCCCCCCCCCCCCCC(=O)NC(CO)C(O)CCCCCCCCCCCCCCCCCCC. The lowest BCUT2D eigenvalue weighted by Gasteiger charge is -2.22. The van der Waals surface area contributed by atoms with Gasteiger partial charge in [-0.25, -0.2) is 0 Å². The third-order valence-electron chi connectivity index (χ3n) is 17.0. The molecule has 0 aliphatic heterocycles. The van der Waals surface area contributed by atoms with Crippen LogP contribution in [0.5, 0.6) is 0 Å². The van der Waals surface area contributed by atoms with Crippen LogP contribution in [-0.4, -0.2) is 47.4 Å². The van der Waals surface area contributed by atoms with Crippen LogP contribution in [0.1, 0.15) is 406 Å². The molecule has 0 bridgehead atoms. The minimum absolute atomic E-state index is 0.0116. The zero-order valence-corrected chi connectivity index (χ0v) is 53.6. The number of amides is 1. The molecule has 6 nitrogen and oxygen atoms in total. The second kappa shape index (κ2) is 68.8. The van der Waals surface area contributed by atoms with Gasteiger partial charge in [-0.05, 0) is 57.8 Å². The molecule has 0 heterocycles. The molecule has 0 aromatic rings. The molecular weight excluding hydrogens is 971 g/mol. The van der Waals surface area contributed by atoms with Gasteiger partial charge in [0, 0.05) is 12.8 Å². The van der Waals surface area contributed by atoms with E-state index in [0.717, 1.165) is 51.4 Å². The summed E-state index contributed by atoms with van der Waals surface area (Å²) in [6.45, 7) is 4.97. The molecule has 0 aliphatic rings. The molecular formula is C73H141NO5. The number of carbonyl (C=O) groups excluding carboxylic acids is 2.